The first-order chi connectivity index (χ1) is 8.98. The summed E-state index contributed by atoms with van der Waals surface area (Å²) in [4.78, 5) is 12.3. The third-order valence-electron chi connectivity index (χ3n) is 3.18. The second kappa shape index (κ2) is 5.57. The van der Waals surface area contributed by atoms with Crippen LogP contribution in [0.15, 0.2) is 41.3 Å². The Labute approximate surface area is 113 Å². The maximum atomic E-state index is 12.1. The lowest BCUT2D eigenvalue weighted by Crippen LogP contribution is -2.24. The number of nitrogens with one attached hydrogen (secondary N) is 1. The van der Waals surface area contributed by atoms with Crippen molar-refractivity contribution in [2.75, 3.05) is 11.6 Å². The molecule has 1 amide bonds. The number of para-hydroxylation sites is 1. The Bertz CT molecular complexity index is 605. The molecule has 0 spiro atoms. The van der Waals surface area contributed by atoms with Crippen molar-refractivity contribution in [3.63, 3.8) is 0 Å². The van der Waals surface area contributed by atoms with Gasteiger partial charge in [0.1, 0.15) is 0 Å². The molecule has 102 valence electrons. The lowest BCUT2D eigenvalue weighted by molar-refractivity contribution is -0.120. The van der Waals surface area contributed by atoms with E-state index in [2.05, 4.69) is 11.4 Å². The molecule has 0 fully saturated rings. The number of carbonyl (C=O) groups excluding carboxylic acids is 1. The van der Waals surface area contributed by atoms with Crippen LogP contribution in [0.1, 0.15) is 19.3 Å². The van der Waals surface area contributed by atoms with Crippen LogP contribution in [0.3, 0.4) is 0 Å². The number of rotatable bonds is 3. The van der Waals surface area contributed by atoms with Crippen LogP contribution in [0.2, 0.25) is 0 Å². The van der Waals surface area contributed by atoms with Gasteiger partial charge in [0.2, 0.25) is 5.91 Å². The number of hydrogen-bond donors (Lipinski definition) is 1. The predicted molar refractivity (Wildman–Crippen MR) is 74.7 cm³/mol. The first kappa shape index (κ1) is 13.8. The molecule has 1 aromatic carbocycles. The summed E-state index contributed by atoms with van der Waals surface area (Å²) in [7, 11) is -3.34. The Hall–Kier alpha value is -1.62. The molecule has 0 bridgehead atoms. The maximum absolute atomic E-state index is 12.1. The summed E-state index contributed by atoms with van der Waals surface area (Å²) in [6.07, 6.45) is 7.62. The molecular weight excluding hydrogens is 262 g/mol. The average molecular weight is 279 g/mol. The highest BCUT2D eigenvalue weighted by Gasteiger charge is 2.21. The van der Waals surface area contributed by atoms with Crippen LogP contribution in [0.5, 0.6) is 0 Å². The molecule has 0 saturated heterocycles. The Morgan fingerprint density at radius 3 is 2.63 bits per heavy atom. The Morgan fingerprint density at radius 1 is 1.26 bits per heavy atom. The zero-order valence-electron chi connectivity index (χ0n) is 10.8. The summed E-state index contributed by atoms with van der Waals surface area (Å²) in [5.74, 6) is -0.182. The Balaban J connectivity index is 2.19. The van der Waals surface area contributed by atoms with E-state index >= 15 is 0 Å². The van der Waals surface area contributed by atoms with Crippen molar-refractivity contribution < 1.29 is 13.2 Å². The summed E-state index contributed by atoms with van der Waals surface area (Å²) in [5, 5.41) is 2.73. The first-order valence-electron chi connectivity index (χ1n) is 6.23. The van der Waals surface area contributed by atoms with Crippen molar-refractivity contribution in [2.24, 2.45) is 5.92 Å². The van der Waals surface area contributed by atoms with Crippen LogP contribution >= 0.6 is 0 Å². The van der Waals surface area contributed by atoms with E-state index in [1.54, 1.807) is 18.2 Å². The Kier molecular flexibility index (Phi) is 4.04. The van der Waals surface area contributed by atoms with Crippen molar-refractivity contribution in [3.05, 3.63) is 36.4 Å². The fraction of sp³-hybridized carbons (Fsp3) is 0.357. The minimum Gasteiger partial charge on any atom is -0.325 e. The van der Waals surface area contributed by atoms with Gasteiger partial charge in [-0.05, 0) is 31.4 Å². The van der Waals surface area contributed by atoms with Gasteiger partial charge in [-0.1, -0.05) is 24.3 Å². The van der Waals surface area contributed by atoms with E-state index < -0.39 is 9.84 Å². The van der Waals surface area contributed by atoms with E-state index in [0.717, 1.165) is 19.1 Å². The topological polar surface area (TPSA) is 63.2 Å². The van der Waals surface area contributed by atoms with Gasteiger partial charge in [-0.15, -0.1) is 0 Å². The van der Waals surface area contributed by atoms with Crippen molar-refractivity contribution >= 4 is 21.4 Å². The highest BCUT2D eigenvalue weighted by atomic mass is 32.2. The fourth-order valence-corrected chi connectivity index (χ4v) is 3.00. The van der Waals surface area contributed by atoms with E-state index in [-0.39, 0.29) is 16.7 Å². The highest BCUT2D eigenvalue weighted by molar-refractivity contribution is 7.90. The smallest absolute Gasteiger partial charge is 0.227 e. The lowest BCUT2D eigenvalue weighted by Gasteiger charge is -2.18. The number of amides is 1. The van der Waals surface area contributed by atoms with Gasteiger partial charge in [-0.25, -0.2) is 8.42 Å². The molecule has 1 aliphatic rings. The second-order valence-electron chi connectivity index (χ2n) is 4.74. The monoisotopic (exact) mass is 279 g/mol. The fourth-order valence-electron chi connectivity index (χ4n) is 2.16. The molecule has 1 atom stereocenters. The average Bonchev–Trinajstić information content (AvgIpc) is 2.39. The highest BCUT2D eigenvalue weighted by Crippen LogP contribution is 2.24. The summed E-state index contributed by atoms with van der Waals surface area (Å²) in [6, 6.07) is 6.49. The summed E-state index contributed by atoms with van der Waals surface area (Å²) >= 11 is 0. The van der Waals surface area contributed by atoms with E-state index in [4.69, 9.17) is 0 Å². The molecule has 0 aromatic heterocycles. The van der Waals surface area contributed by atoms with Crippen molar-refractivity contribution in [1.82, 2.24) is 0 Å². The number of benzene rings is 1. The van der Waals surface area contributed by atoms with Gasteiger partial charge >= 0.3 is 0 Å². The van der Waals surface area contributed by atoms with Gasteiger partial charge in [0.05, 0.1) is 10.6 Å². The molecule has 1 N–H and O–H groups in total. The molecule has 1 unspecified atom stereocenters. The molecule has 1 aromatic rings. The zero-order chi connectivity index (χ0) is 13.9. The number of anilines is 1. The second-order valence-corrected chi connectivity index (χ2v) is 6.72. The zero-order valence-corrected chi connectivity index (χ0v) is 11.6. The van der Waals surface area contributed by atoms with Crippen LogP contribution < -0.4 is 5.32 Å². The Morgan fingerprint density at radius 2 is 2.00 bits per heavy atom. The summed E-state index contributed by atoms with van der Waals surface area (Å²) < 4.78 is 23.3. The minimum atomic E-state index is -3.34. The van der Waals surface area contributed by atoms with Crippen molar-refractivity contribution in [2.45, 2.75) is 24.2 Å². The van der Waals surface area contributed by atoms with Gasteiger partial charge in [0.15, 0.2) is 9.84 Å². The molecule has 1 aliphatic carbocycles. The maximum Gasteiger partial charge on any atom is 0.227 e. The summed E-state index contributed by atoms with van der Waals surface area (Å²) in [5.41, 5.74) is 0.365. The number of sulfone groups is 1. The molecule has 0 saturated carbocycles. The largest absolute Gasteiger partial charge is 0.325 e. The van der Waals surface area contributed by atoms with Crippen molar-refractivity contribution in [3.8, 4) is 0 Å². The van der Waals surface area contributed by atoms with Gasteiger partial charge < -0.3 is 5.32 Å². The van der Waals surface area contributed by atoms with Crippen LogP contribution in [0.4, 0.5) is 5.69 Å². The van der Waals surface area contributed by atoms with Crippen molar-refractivity contribution in [1.29, 1.82) is 0 Å². The van der Waals surface area contributed by atoms with E-state index in [1.807, 2.05) is 6.08 Å². The van der Waals surface area contributed by atoms with E-state index in [0.29, 0.717) is 12.1 Å². The third-order valence-corrected chi connectivity index (χ3v) is 4.34. The predicted octanol–water partition coefficient (Wildman–Crippen LogP) is 2.38. The molecule has 0 heterocycles. The van der Waals surface area contributed by atoms with Gasteiger partial charge in [0, 0.05) is 12.2 Å². The molecular formula is C14H17NO3S. The molecule has 0 radical (unpaired) electrons. The number of carbonyl (C=O) groups is 1. The van der Waals surface area contributed by atoms with Gasteiger partial charge in [0.25, 0.3) is 0 Å². The first-order valence-corrected chi connectivity index (χ1v) is 8.12. The third kappa shape index (κ3) is 3.44. The number of allylic oxidation sites excluding steroid dienone is 2. The van der Waals surface area contributed by atoms with Gasteiger partial charge in [-0.2, -0.15) is 0 Å². The van der Waals surface area contributed by atoms with Crippen LogP contribution in [-0.4, -0.2) is 20.6 Å². The van der Waals surface area contributed by atoms with Crippen LogP contribution in [0.25, 0.3) is 0 Å². The van der Waals surface area contributed by atoms with Gasteiger partial charge in [-0.3, -0.25) is 4.79 Å². The molecule has 5 heteroatoms. The summed E-state index contributed by atoms with van der Waals surface area (Å²) in [6.45, 7) is 0. The molecule has 19 heavy (non-hydrogen) atoms. The van der Waals surface area contributed by atoms with Crippen LogP contribution in [-0.2, 0) is 14.6 Å². The normalized spacial score (nSPS) is 19.1. The quantitative estimate of drug-likeness (QED) is 0.864. The minimum absolute atomic E-state index is 0.0717. The standard InChI is InChI=1S/C14H17NO3S/c1-19(17,18)13-10-6-5-9-12(13)15-14(16)11-7-3-2-4-8-11/h2-3,5-6,9-11H,4,7-8H2,1H3,(H,15,16). The molecule has 0 aliphatic heterocycles. The lowest BCUT2D eigenvalue weighted by atomic mass is 9.93. The van der Waals surface area contributed by atoms with E-state index in [1.165, 1.54) is 6.07 Å². The molecule has 2 rings (SSSR count). The van der Waals surface area contributed by atoms with Crippen LogP contribution in [0, 0.1) is 5.92 Å². The molecule has 4 nitrogen and oxygen atoms in total. The SMILES string of the molecule is CS(=O)(=O)c1ccccc1NC(=O)C1CC=CCC1. The number of hydrogen-bond acceptors (Lipinski definition) is 3. The van der Waals surface area contributed by atoms with E-state index in [9.17, 15) is 13.2 Å².